The minimum absolute atomic E-state index is 0.194. The Bertz CT molecular complexity index is 883. The van der Waals surface area contributed by atoms with Crippen molar-refractivity contribution >= 4 is 23.4 Å². The third-order valence-corrected chi connectivity index (χ3v) is 6.18. The van der Waals surface area contributed by atoms with Gasteiger partial charge in [-0.1, -0.05) is 0 Å². The molecule has 38 heavy (non-hydrogen) atoms. The van der Waals surface area contributed by atoms with E-state index in [0.29, 0.717) is 26.3 Å². The Labute approximate surface area is 226 Å². The number of nitrogens with one attached hydrogen (secondary N) is 4. The van der Waals surface area contributed by atoms with Gasteiger partial charge in [-0.3, -0.25) is 0 Å². The topological polar surface area (TPSA) is 107 Å². The highest BCUT2D eigenvalue weighted by atomic mass is 16.5. The molecule has 0 spiro atoms. The molecule has 4 amide bonds. The standard InChI is InChI=1S/C28H42N6O4/c1-3-37-25-11-7-23(8-12-25)31-27(35)29-15-5-17-33-19-21-34(22-20-33)18-6-16-30-28(36)32-24-9-13-26(14-10-24)38-4-2/h7-14H,3-6,15-22H2,1-2H3,(H2,29,31,35)(H2,30,32,36). The van der Waals surface area contributed by atoms with Crippen LogP contribution in [0.3, 0.4) is 0 Å². The molecule has 1 saturated heterocycles. The Balaban J connectivity index is 1.18. The van der Waals surface area contributed by atoms with Gasteiger partial charge < -0.3 is 40.5 Å². The predicted octanol–water partition coefficient (Wildman–Crippen LogP) is 3.83. The van der Waals surface area contributed by atoms with Crippen LogP contribution in [-0.4, -0.2) is 87.4 Å². The van der Waals surface area contributed by atoms with Crippen molar-refractivity contribution < 1.29 is 19.1 Å². The minimum Gasteiger partial charge on any atom is -0.494 e. The molecule has 1 fully saturated rings. The van der Waals surface area contributed by atoms with Gasteiger partial charge in [0.1, 0.15) is 11.5 Å². The summed E-state index contributed by atoms with van der Waals surface area (Å²) in [7, 11) is 0. The molecule has 208 valence electrons. The van der Waals surface area contributed by atoms with E-state index in [9.17, 15) is 9.59 Å². The highest BCUT2D eigenvalue weighted by Crippen LogP contribution is 2.16. The van der Waals surface area contributed by atoms with Crippen LogP contribution in [0.1, 0.15) is 26.7 Å². The van der Waals surface area contributed by atoms with E-state index in [2.05, 4.69) is 31.1 Å². The number of hydrogen-bond acceptors (Lipinski definition) is 6. The summed E-state index contributed by atoms with van der Waals surface area (Å²) >= 11 is 0. The van der Waals surface area contributed by atoms with Crippen LogP contribution in [0.5, 0.6) is 11.5 Å². The molecule has 1 aliphatic rings. The van der Waals surface area contributed by atoms with Crippen LogP contribution in [0, 0.1) is 0 Å². The molecule has 0 radical (unpaired) electrons. The van der Waals surface area contributed by atoms with Crippen molar-refractivity contribution in [3.05, 3.63) is 48.5 Å². The molecule has 4 N–H and O–H groups in total. The third-order valence-electron chi connectivity index (χ3n) is 6.18. The summed E-state index contributed by atoms with van der Waals surface area (Å²) in [6, 6.07) is 14.3. The summed E-state index contributed by atoms with van der Waals surface area (Å²) in [4.78, 5) is 29.1. The van der Waals surface area contributed by atoms with Crippen LogP contribution >= 0.6 is 0 Å². The van der Waals surface area contributed by atoms with Crippen LogP contribution in [0.2, 0.25) is 0 Å². The number of benzene rings is 2. The summed E-state index contributed by atoms with van der Waals surface area (Å²) in [6.45, 7) is 12.4. The first kappa shape index (κ1) is 29.1. The lowest BCUT2D eigenvalue weighted by molar-refractivity contribution is 0.130. The predicted molar refractivity (Wildman–Crippen MR) is 151 cm³/mol. The van der Waals surface area contributed by atoms with Crippen LogP contribution in [0.15, 0.2) is 48.5 Å². The Hall–Kier alpha value is -3.50. The molecule has 2 aromatic carbocycles. The normalized spacial score (nSPS) is 13.9. The smallest absolute Gasteiger partial charge is 0.319 e. The minimum atomic E-state index is -0.194. The molecular weight excluding hydrogens is 484 g/mol. The van der Waals surface area contributed by atoms with Gasteiger partial charge in [-0.05, 0) is 88.3 Å². The van der Waals surface area contributed by atoms with E-state index in [1.54, 1.807) is 0 Å². The largest absolute Gasteiger partial charge is 0.494 e. The summed E-state index contributed by atoms with van der Waals surface area (Å²) in [5, 5.41) is 11.5. The third kappa shape index (κ3) is 10.9. The molecule has 3 rings (SSSR count). The van der Waals surface area contributed by atoms with Crippen molar-refractivity contribution in [1.29, 1.82) is 0 Å². The van der Waals surface area contributed by atoms with Gasteiger partial charge in [-0.15, -0.1) is 0 Å². The van der Waals surface area contributed by atoms with E-state index < -0.39 is 0 Å². The molecule has 0 bridgehead atoms. The second-order valence-electron chi connectivity index (χ2n) is 9.07. The number of ether oxygens (including phenoxy) is 2. The van der Waals surface area contributed by atoms with Crippen LogP contribution in [0.25, 0.3) is 0 Å². The Morgan fingerprint density at radius 1 is 0.658 bits per heavy atom. The van der Waals surface area contributed by atoms with Crippen molar-refractivity contribution in [2.75, 3.05) is 76.2 Å². The van der Waals surface area contributed by atoms with Crippen molar-refractivity contribution in [2.45, 2.75) is 26.7 Å². The maximum absolute atomic E-state index is 12.1. The van der Waals surface area contributed by atoms with Gasteiger partial charge in [-0.2, -0.15) is 0 Å². The average Bonchev–Trinajstić information content (AvgIpc) is 2.92. The fraction of sp³-hybridized carbons (Fsp3) is 0.500. The van der Waals surface area contributed by atoms with E-state index >= 15 is 0 Å². The fourth-order valence-electron chi connectivity index (χ4n) is 4.20. The molecule has 0 aliphatic carbocycles. The first-order valence-corrected chi connectivity index (χ1v) is 13.6. The molecule has 0 unspecified atom stereocenters. The number of hydrogen-bond donors (Lipinski definition) is 4. The molecule has 10 heteroatoms. The zero-order chi connectivity index (χ0) is 27.0. The van der Waals surface area contributed by atoms with Gasteiger partial charge in [0.25, 0.3) is 0 Å². The highest BCUT2D eigenvalue weighted by molar-refractivity contribution is 5.89. The summed E-state index contributed by atoms with van der Waals surface area (Å²) in [5.74, 6) is 1.58. The van der Waals surface area contributed by atoms with Crippen LogP contribution < -0.4 is 30.7 Å². The van der Waals surface area contributed by atoms with E-state index in [1.807, 2.05) is 62.4 Å². The van der Waals surface area contributed by atoms with Gasteiger partial charge in [-0.25, -0.2) is 9.59 Å². The number of urea groups is 2. The lowest BCUT2D eigenvalue weighted by Gasteiger charge is -2.34. The number of rotatable bonds is 14. The van der Waals surface area contributed by atoms with E-state index in [0.717, 1.165) is 75.0 Å². The Kier molecular flexibility index (Phi) is 12.5. The fourth-order valence-corrected chi connectivity index (χ4v) is 4.20. The van der Waals surface area contributed by atoms with Gasteiger partial charge >= 0.3 is 12.1 Å². The molecule has 2 aromatic rings. The monoisotopic (exact) mass is 526 g/mol. The molecule has 10 nitrogen and oxygen atoms in total. The van der Waals surface area contributed by atoms with Crippen molar-refractivity contribution in [3.8, 4) is 11.5 Å². The van der Waals surface area contributed by atoms with Crippen molar-refractivity contribution in [3.63, 3.8) is 0 Å². The SMILES string of the molecule is CCOc1ccc(NC(=O)NCCCN2CCN(CCCNC(=O)Nc3ccc(OCC)cc3)CC2)cc1. The van der Waals surface area contributed by atoms with Crippen molar-refractivity contribution in [1.82, 2.24) is 20.4 Å². The maximum Gasteiger partial charge on any atom is 0.319 e. The second-order valence-corrected chi connectivity index (χ2v) is 9.07. The van der Waals surface area contributed by atoms with E-state index in [-0.39, 0.29) is 12.1 Å². The van der Waals surface area contributed by atoms with E-state index in [1.165, 1.54) is 0 Å². The number of anilines is 2. The Morgan fingerprint density at radius 2 is 1.03 bits per heavy atom. The number of carbonyl (C=O) groups is 2. The average molecular weight is 527 g/mol. The van der Waals surface area contributed by atoms with Gasteiger partial charge in [0.05, 0.1) is 13.2 Å². The van der Waals surface area contributed by atoms with Gasteiger partial charge in [0, 0.05) is 50.6 Å². The zero-order valence-electron chi connectivity index (χ0n) is 22.6. The number of piperazine rings is 1. The highest BCUT2D eigenvalue weighted by Gasteiger charge is 2.16. The molecule has 1 heterocycles. The van der Waals surface area contributed by atoms with Crippen LogP contribution in [-0.2, 0) is 0 Å². The summed E-state index contributed by atoms with van der Waals surface area (Å²) in [5.41, 5.74) is 1.48. The molecule has 0 aromatic heterocycles. The molecular formula is C28H42N6O4. The summed E-state index contributed by atoms with van der Waals surface area (Å²) in [6.07, 6.45) is 1.81. The van der Waals surface area contributed by atoms with Gasteiger partial charge in [0.15, 0.2) is 0 Å². The first-order valence-electron chi connectivity index (χ1n) is 13.6. The Morgan fingerprint density at radius 3 is 1.37 bits per heavy atom. The number of carbonyl (C=O) groups excluding carboxylic acids is 2. The van der Waals surface area contributed by atoms with Crippen LogP contribution in [0.4, 0.5) is 21.0 Å². The van der Waals surface area contributed by atoms with E-state index in [4.69, 9.17) is 9.47 Å². The summed E-state index contributed by atoms with van der Waals surface area (Å²) < 4.78 is 10.8. The lowest BCUT2D eigenvalue weighted by Crippen LogP contribution is -2.47. The number of nitrogens with zero attached hydrogens (tertiary/aromatic N) is 2. The molecule has 0 atom stereocenters. The van der Waals surface area contributed by atoms with Gasteiger partial charge in [0.2, 0.25) is 0 Å². The molecule has 1 aliphatic heterocycles. The molecule has 0 saturated carbocycles. The second kappa shape index (κ2) is 16.4. The lowest BCUT2D eigenvalue weighted by atomic mass is 10.2. The number of amides is 4. The maximum atomic E-state index is 12.1. The zero-order valence-corrected chi connectivity index (χ0v) is 22.6. The van der Waals surface area contributed by atoms with Crippen molar-refractivity contribution in [2.24, 2.45) is 0 Å². The first-order chi connectivity index (χ1) is 18.6. The quantitative estimate of drug-likeness (QED) is 0.279.